The maximum absolute atomic E-state index is 12.6. The van der Waals surface area contributed by atoms with E-state index in [0.29, 0.717) is 5.69 Å². The van der Waals surface area contributed by atoms with Crippen LogP contribution >= 0.6 is 0 Å². The molecule has 0 aliphatic rings. The van der Waals surface area contributed by atoms with Crippen molar-refractivity contribution >= 4 is 0 Å². The van der Waals surface area contributed by atoms with Crippen molar-refractivity contribution in [2.75, 3.05) is 13.6 Å². The standard InChI is InChI=1S/C13H14F3N3/c1-17-7-5-11-6-8-19(18-11)12-4-2-3-10(9-12)13(14,15)16/h2-4,6,8-9,17H,5,7H2,1H3. The first-order valence-corrected chi connectivity index (χ1v) is 5.87. The zero-order valence-electron chi connectivity index (χ0n) is 10.4. The number of halogens is 3. The zero-order valence-corrected chi connectivity index (χ0v) is 10.4. The summed E-state index contributed by atoms with van der Waals surface area (Å²) in [6.07, 6.45) is -1.93. The van der Waals surface area contributed by atoms with E-state index in [1.807, 2.05) is 7.05 Å². The average molecular weight is 269 g/mol. The van der Waals surface area contributed by atoms with Gasteiger partial charge in [0.1, 0.15) is 0 Å². The highest BCUT2D eigenvalue weighted by atomic mass is 19.4. The van der Waals surface area contributed by atoms with Crippen molar-refractivity contribution in [3.8, 4) is 5.69 Å². The number of benzene rings is 1. The van der Waals surface area contributed by atoms with Gasteiger partial charge in [-0.15, -0.1) is 0 Å². The lowest BCUT2D eigenvalue weighted by Crippen LogP contribution is -2.11. The van der Waals surface area contributed by atoms with Crippen molar-refractivity contribution in [2.24, 2.45) is 0 Å². The molecule has 6 heteroatoms. The average Bonchev–Trinajstić information content (AvgIpc) is 2.84. The van der Waals surface area contributed by atoms with Gasteiger partial charge in [-0.2, -0.15) is 18.3 Å². The Hall–Kier alpha value is -1.82. The van der Waals surface area contributed by atoms with Crippen LogP contribution in [-0.2, 0) is 12.6 Å². The summed E-state index contributed by atoms with van der Waals surface area (Å²) in [5.41, 5.74) is 0.578. The molecule has 0 spiro atoms. The van der Waals surface area contributed by atoms with Gasteiger partial charge in [0.25, 0.3) is 0 Å². The van der Waals surface area contributed by atoms with Gasteiger partial charge in [-0.05, 0) is 31.3 Å². The molecule has 1 aromatic heterocycles. The predicted molar refractivity (Wildman–Crippen MR) is 66.2 cm³/mol. The van der Waals surface area contributed by atoms with Crippen molar-refractivity contribution in [3.05, 3.63) is 47.8 Å². The van der Waals surface area contributed by atoms with Crippen LogP contribution in [0.25, 0.3) is 5.69 Å². The van der Waals surface area contributed by atoms with Gasteiger partial charge in [-0.3, -0.25) is 0 Å². The van der Waals surface area contributed by atoms with E-state index in [4.69, 9.17) is 0 Å². The van der Waals surface area contributed by atoms with E-state index in [0.717, 1.165) is 30.8 Å². The fourth-order valence-corrected chi connectivity index (χ4v) is 1.72. The molecule has 1 N–H and O–H groups in total. The molecule has 2 rings (SSSR count). The minimum absolute atomic E-state index is 0.408. The molecular weight excluding hydrogens is 255 g/mol. The Morgan fingerprint density at radius 2 is 2.05 bits per heavy atom. The molecular formula is C13H14F3N3. The number of alkyl halides is 3. The van der Waals surface area contributed by atoms with E-state index in [-0.39, 0.29) is 0 Å². The first-order chi connectivity index (χ1) is 9.00. The molecule has 0 aliphatic heterocycles. The normalized spacial score (nSPS) is 11.8. The summed E-state index contributed by atoms with van der Waals surface area (Å²) in [6, 6.07) is 6.93. The van der Waals surface area contributed by atoms with Crippen LogP contribution in [0.15, 0.2) is 36.5 Å². The van der Waals surface area contributed by atoms with Crippen LogP contribution in [0.1, 0.15) is 11.3 Å². The molecule has 3 nitrogen and oxygen atoms in total. The Morgan fingerprint density at radius 1 is 1.26 bits per heavy atom. The lowest BCUT2D eigenvalue weighted by Gasteiger charge is -2.08. The van der Waals surface area contributed by atoms with Crippen LogP contribution in [0.5, 0.6) is 0 Å². The number of hydrogen-bond donors (Lipinski definition) is 1. The second-order valence-corrected chi connectivity index (χ2v) is 4.15. The molecule has 1 heterocycles. The highest BCUT2D eigenvalue weighted by Crippen LogP contribution is 2.30. The highest BCUT2D eigenvalue weighted by Gasteiger charge is 2.30. The van der Waals surface area contributed by atoms with Crippen LogP contribution in [0, 0.1) is 0 Å². The monoisotopic (exact) mass is 269 g/mol. The predicted octanol–water partition coefficient (Wildman–Crippen LogP) is 2.65. The third-order valence-corrected chi connectivity index (χ3v) is 2.71. The first kappa shape index (κ1) is 13.6. The molecule has 2 aromatic rings. The first-order valence-electron chi connectivity index (χ1n) is 5.87. The van der Waals surface area contributed by atoms with Crippen LogP contribution in [0.4, 0.5) is 13.2 Å². The Balaban J connectivity index is 2.24. The second-order valence-electron chi connectivity index (χ2n) is 4.15. The molecule has 0 radical (unpaired) electrons. The summed E-state index contributed by atoms with van der Waals surface area (Å²) in [7, 11) is 1.84. The number of likely N-dealkylation sites (N-methyl/N-ethyl adjacent to an activating group) is 1. The molecule has 0 saturated carbocycles. The smallest absolute Gasteiger partial charge is 0.319 e. The third kappa shape index (κ3) is 3.35. The quantitative estimate of drug-likeness (QED) is 0.924. The van der Waals surface area contributed by atoms with Crippen LogP contribution < -0.4 is 5.32 Å². The summed E-state index contributed by atoms with van der Waals surface area (Å²) in [6.45, 7) is 0.777. The second kappa shape index (κ2) is 5.44. The maximum atomic E-state index is 12.6. The van der Waals surface area contributed by atoms with Crippen molar-refractivity contribution in [3.63, 3.8) is 0 Å². The minimum Gasteiger partial charge on any atom is -0.319 e. The van der Waals surface area contributed by atoms with Gasteiger partial charge in [0.15, 0.2) is 0 Å². The zero-order chi connectivity index (χ0) is 13.9. The van der Waals surface area contributed by atoms with Crippen molar-refractivity contribution in [2.45, 2.75) is 12.6 Å². The van der Waals surface area contributed by atoms with Crippen molar-refractivity contribution in [1.29, 1.82) is 0 Å². The molecule has 0 unspecified atom stereocenters. The van der Waals surface area contributed by atoms with E-state index in [1.165, 1.54) is 10.7 Å². The van der Waals surface area contributed by atoms with Crippen LogP contribution in [0.2, 0.25) is 0 Å². The van der Waals surface area contributed by atoms with Gasteiger partial charge in [0, 0.05) is 19.2 Å². The molecule has 102 valence electrons. The molecule has 0 atom stereocenters. The van der Waals surface area contributed by atoms with Gasteiger partial charge in [0.2, 0.25) is 0 Å². The van der Waals surface area contributed by atoms with Gasteiger partial charge >= 0.3 is 6.18 Å². The highest BCUT2D eigenvalue weighted by molar-refractivity contribution is 5.36. The van der Waals surface area contributed by atoms with E-state index >= 15 is 0 Å². The molecule has 0 saturated heterocycles. The maximum Gasteiger partial charge on any atom is 0.416 e. The van der Waals surface area contributed by atoms with Gasteiger partial charge in [0.05, 0.1) is 16.9 Å². The van der Waals surface area contributed by atoms with Crippen molar-refractivity contribution < 1.29 is 13.2 Å². The minimum atomic E-state index is -4.34. The molecule has 19 heavy (non-hydrogen) atoms. The summed E-state index contributed by atoms with van der Waals surface area (Å²) in [5.74, 6) is 0. The molecule has 0 bridgehead atoms. The molecule has 0 aliphatic carbocycles. The molecule has 1 aromatic carbocycles. The largest absolute Gasteiger partial charge is 0.416 e. The molecule has 0 amide bonds. The number of nitrogens with zero attached hydrogens (tertiary/aromatic N) is 2. The fraction of sp³-hybridized carbons (Fsp3) is 0.308. The van der Waals surface area contributed by atoms with Gasteiger partial charge in [-0.1, -0.05) is 6.07 Å². The van der Waals surface area contributed by atoms with E-state index in [1.54, 1.807) is 18.3 Å². The Morgan fingerprint density at radius 3 is 2.74 bits per heavy atom. The van der Waals surface area contributed by atoms with Crippen LogP contribution in [0.3, 0.4) is 0 Å². The lowest BCUT2D eigenvalue weighted by atomic mass is 10.2. The summed E-state index contributed by atoms with van der Waals surface area (Å²) in [4.78, 5) is 0. The fourth-order valence-electron chi connectivity index (χ4n) is 1.72. The summed E-state index contributed by atoms with van der Waals surface area (Å²) in [5, 5.41) is 7.25. The van der Waals surface area contributed by atoms with E-state index in [9.17, 15) is 13.2 Å². The van der Waals surface area contributed by atoms with Gasteiger partial charge in [-0.25, -0.2) is 4.68 Å². The summed E-state index contributed by atoms with van der Waals surface area (Å²) >= 11 is 0. The van der Waals surface area contributed by atoms with Crippen molar-refractivity contribution in [1.82, 2.24) is 15.1 Å². The number of aromatic nitrogens is 2. The third-order valence-electron chi connectivity index (χ3n) is 2.71. The van der Waals surface area contributed by atoms with E-state index < -0.39 is 11.7 Å². The van der Waals surface area contributed by atoms with E-state index in [2.05, 4.69) is 10.4 Å². The Kier molecular flexibility index (Phi) is 3.90. The Bertz CT molecular complexity index is 546. The van der Waals surface area contributed by atoms with Gasteiger partial charge < -0.3 is 5.32 Å². The summed E-state index contributed by atoms with van der Waals surface area (Å²) < 4.78 is 39.3. The lowest BCUT2D eigenvalue weighted by molar-refractivity contribution is -0.137. The Labute approximate surface area is 109 Å². The number of hydrogen-bond acceptors (Lipinski definition) is 2. The number of rotatable bonds is 4. The van der Waals surface area contributed by atoms with Crippen LogP contribution in [-0.4, -0.2) is 23.4 Å². The molecule has 0 fully saturated rings. The topological polar surface area (TPSA) is 29.9 Å². The number of nitrogens with one attached hydrogen (secondary N) is 1. The SMILES string of the molecule is CNCCc1ccn(-c2cccc(C(F)(F)F)c2)n1.